The quantitative estimate of drug-likeness (QED) is 0.795. The molecular weight excluding hydrogens is 322 g/mol. The predicted octanol–water partition coefficient (Wildman–Crippen LogP) is 3.89. The molecule has 0 atom stereocenters. The molecule has 1 aliphatic rings. The third-order valence-corrected chi connectivity index (χ3v) is 4.85. The summed E-state index contributed by atoms with van der Waals surface area (Å²) in [5.41, 5.74) is 5.26. The number of urea groups is 1. The lowest BCUT2D eigenvalue weighted by atomic mass is 9.98. The summed E-state index contributed by atoms with van der Waals surface area (Å²) in [5, 5.41) is 5.85. The Morgan fingerprint density at radius 1 is 1.08 bits per heavy atom. The van der Waals surface area contributed by atoms with Crippen LogP contribution in [-0.4, -0.2) is 25.7 Å². The third-order valence-electron chi connectivity index (χ3n) is 4.85. The summed E-state index contributed by atoms with van der Waals surface area (Å²) in [6.07, 6.45) is 4.44. The largest absolute Gasteiger partial charge is 0.371 e. The summed E-state index contributed by atoms with van der Waals surface area (Å²) in [6.45, 7) is 5.74. The van der Waals surface area contributed by atoms with Crippen LogP contribution < -0.4 is 15.5 Å². The van der Waals surface area contributed by atoms with Crippen molar-refractivity contribution in [3.05, 3.63) is 65.2 Å². The normalized spacial score (nSPS) is 13.2. The molecule has 0 aliphatic carbocycles. The van der Waals surface area contributed by atoms with Gasteiger partial charge in [-0.25, -0.2) is 4.79 Å². The van der Waals surface area contributed by atoms with Crippen LogP contribution in [0.3, 0.4) is 0 Å². The van der Waals surface area contributed by atoms with Gasteiger partial charge in [-0.05, 0) is 48.4 Å². The summed E-state index contributed by atoms with van der Waals surface area (Å²) in [4.78, 5) is 14.4. The summed E-state index contributed by atoms with van der Waals surface area (Å²) in [7, 11) is 0. The lowest BCUT2D eigenvalue weighted by molar-refractivity contribution is 0.240. The van der Waals surface area contributed by atoms with Crippen molar-refractivity contribution in [2.45, 2.75) is 39.2 Å². The number of aryl methyl sites for hydroxylation is 1. The topological polar surface area (TPSA) is 44.4 Å². The molecule has 0 saturated heterocycles. The fraction of sp³-hybridized carbons (Fsp3) is 0.409. The maximum atomic E-state index is 11.9. The average Bonchev–Trinajstić information content (AvgIpc) is 2.67. The van der Waals surface area contributed by atoms with Crippen LogP contribution in [0.1, 0.15) is 36.5 Å². The maximum Gasteiger partial charge on any atom is 0.315 e. The highest BCUT2D eigenvalue weighted by Gasteiger charge is 2.16. The molecule has 2 aromatic carbocycles. The van der Waals surface area contributed by atoms with Crippen LogP contribution in [0.5, 0.6) is 0 Å². The zero-order chi connectivity index (χ0) is 18.2. The van der Waals surface area contributed by atoms with Crippen molar-refractivity contribution in [1.29, 1.82) is 0 Å². The Hall–Kier alpha value is -2.49. The number of benzene rings is 2. The van der Waals surface area contributed by atoms with E-state index in [1.807, 2.05) is 30.3 Å². The lowest BCUT2D eigenvalue weighted by Crippen LogP contribution is -2.36. The van der Waals surface area contributed by atoms with Gasteiger partial charge in [0.2, 0.25) is 0 Å². The molecule has 0 saturated carbocycles. The second-order valence-corrected chi connectivity index (χ2v) is 6.90. The first-order valence-electron chi connectivity index (χ1n) is 9.68. The van der Waals surface area contributed by atoms with E-state index in [0.29, 0.717) is 13.1 Å². The molecule has 2 N–H and O–H groups in total. The van der Waals surface area contributed by atoms with E-state index in [0.717, 1.165) is 24.9 Å². The fourth-order valence-electron chi connectivity index (χ4n) is 3.55. The standard InChI is InChI=1S/C22H29N3O/c1-2-14-25-15-6-9-20-16-18(10-11-21(20)25)12-13-23-22(26)24-17-19-7-4-3-5-8-19/h3-5,7-8,10-11,16H,2,6,9,12-15,17H2,1H3,(H2,23,24,26). The van der Waals surface area contributed by atoms with Crippen molar-refractivity contribution in [2.75, 3.05) is 24.5 Å². The van der Waals surface area contributed by atoms with Gasteiger partial charge in [0.15, 0.2) is 0 Å². The number of hydrogen-bond acceptors (Lipinski definition) is 2. The van der Waals surface area contributed by atoms with Crippen molar-refractivity contribution in [3.63, 3.8) is 0 Å². The van der Waals surface area contributed by atoms with Crippen molar-refractivity contribution < 1.29 is 4.79 Å². The molecule has 1 heterocycles. The third kappa shape index (κ3) is 5.01. The summed E-state index contributed by atoms with van der Waals surface area (Å²) in [5.74, 6) is 0. The first-order chi connectivity index (χ1) is 12.8. The minimum absolute atomic E-state index is 0.110. The smallest absolute Gasteiger partial charge is 0.315 e. The molecule has 0 aromatic heterocycles. The van der Waals surface area contributed by atoms with Crippen LogP contribution in [-0.2, 0) is 19.4 Å². The number of carbonyl (C=O) groups excluding carboxylic acids is 1. The van der Waals surface area contributed by atoms with Crippen molar-refractivity contribution in [1.82, 2.24) is 10.6 Å². The molecule has 2 amide bonds. The molecular formula is C22H29N3O. The van der Waals surface area contributed by atoms with Gasteiger partial charge < -0.3 is 15.5 Å². The second kappa shape index (κ2) is 9.27. The number of fused-ring (bicyclic) bond motifs is 1. The second-order valence-electron chi connectivity index (χ2n) is 6.90. The molecule has 0 radical (unpaired) electrons. The minimum Gasteiger partial charge on any atom is -0.371 e. The van der Waals surface area contributed by atoms with E-state index in [-0.39, 0.29) is 6.03 Å². The summed E-state index contributed by atoms with van der Waals surface area (Å²) >= 11 is 0. The van der Waals surface area contributed by atoms with Crippen molar-refractivity contribution in [2.24, 2.45) is 0 Å². The highest BCUT2D eigenvalue weighted by atomic mass is 16.2. The molecule has 1 aliphatic heterocycles. The van der Waals surface area contributed by atoms with Gasteiger partial charge in [0.1, 0.15) is 0 Å². The van der Waals surface area contributed by atoms with E-state index >= 15 is 0 Å². The maximum absolute atomic E-state index is 11.9. The lowest BCUT2D eigenvalue weighted by Gasteiger charge is -2.31. The Labute approximate surface area is 156 Å². The van der Waals surface area contributed by atoms with Crippen LogP contribution in [0.2, 0.25) is 0 Å². The van der Waals surface area contributed by atoms with Gasteiger partial charge in [-0.15, -0.1) is 0 Å². The Kier molecular flexibility index (Phi) is 6.53. The molecule has 138 valence electrons. The molecule has 4 nitrogen and oxygen atoms in total. The predicted molar refractivity (Wildman–Crippen MR) is 108 cm³/mol. The molecule has 0 fully saturated rings. The van der Waals surface area contributed by atoms with Crippen LogP contribution in [0.15, 0.2) is 48.5 Å². The van der Waals surface area contributed by atoms with Gasteiger partial charge in [-0.2, -0.15) is 0 Å². The average molecular weight is 351 g/mol. The Bertz CT molecular complexity index is 715. The van der Waals surface area contributed by atoms with E-state index in [2.05, 4.69) is 40.7 Å². The van der Waals surface area contributed by atoms with Crippen LogP contribution >= 0.6 is 0 Å². The van der Waals surface area contributed by atoms with Crippen molar-refractivity contribution >= 4 is 11.7 Å². The fourth-order valence-corrected chi connectivity index (χ4v) is 3.55. The SMILES string of the molecule is CCCN1CCCc2cc(CCNC(=O)NCc3ccccc3)ccc21. The van der Waals surface area contributed by atoms with E-state index in [1.165, 1.54) is 36.2 Å². The molecule has 3 rings (SSSR count). The molecule has 4 heteroatoms. The number of amides is 2. The van der Waals surface area contributed by atoms with Gasteiger partial charge in [0.05, 0.1) is 0 Å². The first kappa shape index (κ1) is 18.3. The van der Waals surface area contributed by atoms with Crippen LogP contribution in [0, 0.1) is 0 Å². The van der Waals surface area contributed by atoms with Crippen LogP contribution in [0.25, 0.3) is 0 Å². The Balaban J connectivity index is 1.45. The summed E-state index contributed by atoms with van der Waals surface area (Å²) in [6, 6.07) is 16.6. The van der Waals surface area contributed by atoms with Gasteiger partial charge in [0, 0.05) is 31.9 Å². The molecule has 26 heavy (non-hydrogen) atoms. The van der Waals surface area contributed by atoms with E-state index in [1.54, 1.807) is 0 Å². The number of rotatable bonds is 7. The minimum atomic E-state index is -0.110. The first-order valence-corrected chi connectivity index (χ1v) is 9.68. The van der Waals surface area contributed by atoms with E-state index < -0.39 is 0 Å². The molecule has 0 bridgehead atoms. The molecule has 0 spiro atoms. The van der Waals surface area contributed by atoms with E-state index in [4.69, 9.17) is 0 Å². The zero-order valence-electron chi connectivity index (χ0n) is 15.6. The van der Waals surface area contributed by atoms with Gasteiger partial charge in [-0.3, -0.25) is 0 Å². The Morgan fingerprint density at radius 2 is 1.92 bits per heavy atom. The number of nitrogens with zero attached hydrogens (tertiary/aromatic N) is 1. The zero-order valence-corrected chi connectivity index (χ0v) is 15.6. The molecule has 0 unspecified atom stereocenters. The number of nitrogens with one attached hydrogen (secondary N) is 2. The van der Waals surface area contributed by atoms with Crippen LogP contribution in [0.4, 0.5) is 10.5 Å². The molecule has 2 aromatic rings. The highest BCUT2D eigenvalue weighted by molar-refractivity contribution is 5.73. The Morgan fingerprint density at radius 3 is 2.73 bits per heavy atom. The van der Waals surface area contributed by atoms with E-state index in [9.17, 15) is 4.79 Å². The van der Waals surface area contributed by atoms with Gasteiger partial charge in [-0.1, -0.05) is 49.4 Å². The van der Waals surface area contributed by atoms with Gasteiger partial charge >= 0.3 is 6.03 Å². The number of anilines is 1. The highest BCUT2D eigenvalue weighted by Crippen LogP contribution is 2.28. The number of hydrogen-bond donors (Lipinski definition) is 2. The number of carbonyl (C=O) groups is 1. The monoisotopic (exact) mass is 351 g/mol. The van der Waals surface area contributed by atoms with Gasteiger partial charge in [0.25, 0.3) is 0 Å². The summed E-state index contributed by atoms with van der Waals surface area (Å²) < 4.78 is 0. The van der Waals surface area contributed by atoms with Crippen molar-refractivity contribution in [3.8, 4) is 0 Å².